The molecular weight excluding hydrogens is 251 g/mol. The lowest BCUT2D eigenvalue weighted by Gasteiger charge is -2.30. The van der Waals surface area contributed by atoms with Gasteiger partial charge in [0.1, 0.15) is 11.9 Å². The number of benzene rings is 1. The highest BCUT2D eigenvalue weighted by Crippen LogP contribution is 2.13. The Labute approximate surface area is 110 Å². The largest absolute Gasteiger partial charge is 0.455 e. The SMILES string of the molecule is Cc1ccc(C(=O)OC2CNC(=O)N(C)C2)c(F)c1. The van der Waals surface area contributed by atoms with E-state index in [1.807, 2.05) is 0 Å². The number of rotatable bonds is 2. The van der Waals surface area contributed by atoms with E-state index in [2.05, 4.69) is 5.32 Å². The molecule has 1 aromatic carbocycles. The Bertz CT molecular complexity index is 519. The fourth-order valence-electron chi connectivity index (χ4n) is 1.87. The minimum Gasteiger partial charge on any atom is -0.455 e. The minimum atomic E-state index is -0.716. The van der Waals surface area contributed by atoms with E-state index in [9.17, 15) is 14.0 Å². The molecule has 2 amide bonds. The summed E-state index contributed by atoms with van der Waals surface area (Å²) >= 11 is 0. The topological polar surface area (TPSA) is 58.6 Å². The molecule has 0 spiro atoms. The van der Waals surface area contributed by atoms with Crippen molar-refractivity contribution in [2.75, 3.05) is 20.1 Å². The van der Waals surface area contributed by atoms with Crippen LogP contribution in [0.4, 0.5) is 9.18 Å². The summed E-state index contributed by atoms with van der Waals surface area (Å²) in [5.41, 5.74) is 0.642. The Balaban J connectivity index is 2.03. The molecule has 0 aliphatic carbocycles. The fraction of sp³-hybridized carbons (Fsp3) is 0.385. The van der Waals surface area contributed by atoms with Gasteiger partial charge in [0.25, 0.3) is 0 Å². The molecule has 102 valence electrons. The summed E-state index contributed by atoms with van der Waals surface area (Å²) < 4.78 is 18.8. The second-order valence-corrected chi connectivity index (χ2v) is 4.58. The molecule has 2 rings (SSSR count). The number of nitrogens with zero attached hydrogens (tertiary/aromatic N) is 1. The van der Waals surface area contributed by atoms with Crippen molar-refractivity contribution in [1.29, 1.82) is 0 Å². The molecule has 1 unspecified atom stereocenters. The summed E-state index contributed by atoms with van der Waals surface area (Å²) in [6, 6.07) is 4.12. The second-order valence-electron chi connectivity index (χ2n) is 4.58. The monoisotopic (exact) mass is 266 g/mol. The van der Waals surface area contributed by atoms with Crippen LogP contribution in [0.5, 0.6) is 0 Å². The van der Waals surface area contributed by atoms with Crippen LogP contribution in [0.1, 0.15) is 15.9 Å². The van der Waals surface area contributed by atoms with Gasteiger partial charge >= 0.3 is 12.0 Å². The number of carbonyl (C=O) groups is 2. The molecule has 0 radical (unpaired) electrons. The smallest absolute Gasteiger partial charge is 0.341 e. The quantitative estimate of drug-likeness (QED) is 0.821. The number of esters is 1. The summed E-state index contributed by atoms with van der Waals surface area (Å²) in [4.78, 5) is 24.5. The highest BCUT2D eigenvalue weighted by Gasteiger charge is 2.26. The first-order chi connectivity index (χ1) is 8.97. The summed E-state index contributed by atoms with van der Waals surface area (Å²) in [5.74, 6) is -1.31. The van der Waals surface area contributed by atoms with E-state index in [4.69, 9.17) is 4.74 Å². The predicted octanol–water partition coefficient (Wildman–Crippen LogP) is 1.31. The zero-order valence-corrected chi connectivity index (χ0v) is 10.8. The number of aryl methyl sites for hydroxylation is 1. The number of amides is 2. The number of likely N-dealkylation sites (N-methyl/N-ethyl adjacent to an activating group) is 1. The number of urea groups is 1. The van der Waals surface area contributed by atoms with Gasteiger partial charge in [-0.1, -0.05) is 6.07 Å². The Morgan fingerprint density at radius 1 is 1.53 bits per heavy atom. The van der Waals surface area contributed by atoms with Gasteiger partial charge in [-0.25, -0.2) is 14.0 Å². The Kier molecular flexibility index (Phi) is 3.69. The third-order valence-electron chi connectivity index (χ3n) is 2.92. The van der Waals surface area contributed by atoms with E-state index < -0.39 is 17.9 Å². The van der Waals surface area contributed by atoms with E-state index >= 15 is 0 Å². The molecule has 1 heterocycles. The number of hydrogen-bond donors (Lipinski definition) is 1. The maximum atomic E-state index is 13.6. The average Bonchev–Trinajstić information content (AvgIpc) is 2.33. The molecule has 0 bridgehead atoms. The van der Waals surface area contributed by atoms with E-state index in [1.165, 1.54) is 17.0 Å². The number of carbonyl (C=O) groups excluding carboxylic acids is 2. The van der Waals surface area contributed by atoms with Crippen LogP contribution < -0.4 is 5.32 Å². The van der Waals surface area contributed by atoms with E-state index in [0.717, 1.165) is 5.56 Å². The molecule has 0 aromatic heterocycles. The lowest BCUT2D eigenvalue weighted by molar-refractivity contribution is 0.0199. The predicted molar refractivity (Wildman–Crippen MR) is 66.4 cm³/mol. The third-order valence-corrected chi connectivity index (χ3v) is 2.92. The van der Waals surface area contributed by atoms with Gasteiger partial charge in [-0.3, -0.25) is 0 Å². The summed E-state index contributed by atoms with van der Waals surface area (Å²) in [5, 5.41) is 2.58. The lowest BCUT2D eigenvalue weighted by Crippen LogP contribution is -2.53. The van der Waals surface area contributed by atoms with Crippen LogP contribution in [0.3, 0.4) is 0 Å². The van der Waals surface area contributed by atoms with Crippen molar-refractivity contribution in [2.24, 2.45) is 0 Å². The highest BCUT2D eigenvalue weighted by atomic mass is 19.1. The summed E-state index contributed by atoms with van der Waals surface area (Å²) in [7, 11) is 1.60. The molecule has 19 heavy (non-hydrogen) atoms. The maximum absolute atomic E-state index is 13.6. The van der Waals surface area contributed by atoms with Crippen molar-refractivity contribution in [2.45, 2.75) is 13.0 Å². The van der Waals surface area contributed by atoms with Gasteiger partial charge in [-0.15, -0.1) is 0 Å². The molecule has 1 saturated heterocycles. The molecule has 1 N–H and O–H groups in total. The Morgan fingerprint density at radius 2 is 2.26 bits per heavy atom. The Hall–Kier alpha value is -2.11. The first-order valence-corrected chi connectivity index (χ1v) is 5.93. The number of hydrogen-bond acceptors (Lipinski definition) is 3. The van der Waals surface area contributed by atoms with Crippen molar-refractivity contribution in [3.8, 4) is 0 Å². The third kappa shape index (κ3) is 3.01. The molecule has 1 aliphatic rings. The highest BCUT2D eigenvalue weighted by molar-refractivity contribution is 5.90. The minimum absolute atomic E-state index is 0.0925. The van der Waals surface area contributed by atoms with Gasteiger partial charge in [-0.05, 0) is 24.6 Å². The van der Waals surface area contributed by atoms with Crippen LogP contribution in [0.15, 0.2) is 18.2 Å². The zero-order valence-electron chi connectivity index (χ0n) is 10.8. The van der Waals surface area contributed by atoms with Gasteiger partial charge in [0.15, 0.2) is 0 Å². The van der Waals surface area contributed by atoms with Crippen molar-refractivity contribution in [3.63, 3.8) is 0 Å². The van der Waals surface area contributed by atoms with Gasteiger partial charge in [0.2, 0.25) is 0 Å². The van der Waals surface area contributed by atoms with E-state index in [-0.39, 0.29) is 18.1 Å². The van der Waals surface area contributed by atoms with E-state index in [1.54, 1.807) is 20.0 Å². The van der Waals surface area contributed by atoms with Crippen molar-refractivity contribution in [1.82, 2.24) is 10.2 Å². The first-order valence-electron chi connectivity index (χ1n) is 5.93. The number of ether oxygens (including phenoxy) is 1. The molecule has 6 heteroatoms. The van der Waals surface area contributed by atoms with Crippen molar-refractivity contribution in [3.05, 3.63) is 35.1 Å². The van der Waals surface area contributed by atoms with Crippen molar-refractivity contribution >= 4 is 12.0 Å². The summed E-state index contributed by atoms with van der Waals surface area (Å²) in [6.45, 7) is 2.28. The molecular formula is C13H15FN2O3. The number of halogens is 1. The molecule has 1 fully saturated rings. The maximum Gasteiger partial charge on any atom is 0.341 e. The lowest BCUT2D eigenvalue weighted by atomic mass is 10.1. The molecule has 1 atom stereocenters. The fourth-order valence-corrected chi connectivity index (χ4v) is 1.87. The van der Waals surface area contributed by atoms with Crippen LogP contribution in [0, 0.1) is 12.7 Å². The molecule has 1 aromatic rings. The van der Waals surface area contributed by atoms with Gasteiger partial charge in [0, 0.05) is 7.05 Å². The van der Waals surface area contributed by atoms with Gasteiger partial charge in [0.05, 0.1) is 18.7 Å². The van der Waals surface area contributed by atoms with Crippen LogP contribution in [0.2, 0.25) is 0 Å². The summed E-state index contributed by atoms with van der Waals surface area (Å²) in [6.07, 6.45) is -0.476. The Morgan fingerprint density at radius 3 is 2.89 bits per heavy atom. The van der Waals surface area contributed by atoms with Gasteiger partial charge < -0.3 is 15.0 Å². The normalized spacial score (nSPS) is 19.0. The average molecular weight is 266 g/mol. The van der Waals surface area contributed by atoms with Gasteiger partial charge in [-0.2, -0.15) is 0 Å². The molecule has 0 saturated carbocycles. The van der Waals surface area contributed by atoms with Crippen LogP contribution in [-0.2, 0) is 4.74 Å². The zero-order chi connectivity index (χ0) is 14.0. The van der Waals surface area contributed by atoms with E-state index in [0.29, 0.717) is 6.54 Å². The van der Waals surface area contributed by atoms with Crippen LogP contribution in [-0.4, -0.2) is 43.1 Å². The first kappa shape index (κ1) is 13.3. The molecule has 1 aliphatic heterocycles. The van der Waals surface area contributed by atoms with Crippen molar-refractivity contribution < 1.29 is 18.7 Å². The van der Waals surface area contributed by atoms with Crippen LogP contribution in [0.25, 0.3) is 0 Å². The standard InChI is InChI=1S/C13H15FN2O3/c1-8-3-4-10(11(14)5-8)12(17)19-9-6-15-13(18)16(2)7-9/h3-5,9H,6-7H2,1-2H3,(H,15,18). The van der Waals surface area contributed by atoms with Crippen LogP contribution >= 0.6 is 0 Å². The number of nitrogens with one attached hydrogen (secondary N) is 1. The molecule has 5 nitrogen and oxygen atoms in total. The second kappa shape index (κ2) is 5.26.